The van der Waals surface area contributed by atoms with E-state index in [0.29, 0.717) is 16.5 Å². The highest BCUT2D eigenvalue weighted by atomic mass is 35.5. The van der Waals surface area contributed by atoms with Crippen LogP contribution in [0.15, 0.2) is 24.4 Å². The molecule has 5 nitrogen and oxygen atoms in total. The third kappa shape index (κ3) is 2.67. The molecule has 0 radical (unpaired) electrons. The minimum absolute atomic E-state index is 0.362. The van der Waals surface area contributed by atoms with Gasteiger partial charge in [0.05, 0.1) is 31.0 Å². The van der Waals surface area contributed by atoms with Crippen LogP contribution in [0, 0.1) is 0 Å². The summed E-state index contributed by atoms with van der Waals surface area (Å²) in [6.07, 6.45) is 1.84. The largest absolute Gasteiger partial charge is 0.493 e. The Kier molecular flexibility index (Phi) is 3.97. The average Bonchev–Trinajstić information content (AvgIpc) is 2.83. The van der Waals surface area contributed by atoms with Crippen molar-refractivity contribution in [3.05, 3.63) is 40.7 Å². The van der Waals surface area contributed by atoms with Gasteiger partial charge in [-0.15, -0.1) is 0 Å². The predicted octanol–water partition coefficient (Wildman–Crippen LogP) is 2.14. The topological polar surface area (TPSA) is 62.3 Å². The van der Waals surface area contributed by atoms with Gasteiger partial charge < -0.3 is 15.2 Å². The Hall–Kier alpha value is -1.72. The maximum absolute atomic E-state index is 6.18. The first-order valence-corrected chi connectivity index (χ1v) is 6.11. The van der Waals surface area contributed by atoms with Gasteiger partial charge >= 0.3 is 0 Å². The van der Waals surface area contributed by atoms with Gasteiger partial charge in [-0.1, -0.05) is 11.6 Å². The maximum atomic E-state index is 6.18. The number of nitrogens with two attached hydrogens (primary N) is 1. The molecule has 1 heterocycles. The Morgan fingerprint density at radius 3 is 2.58 bits per heavy atom. The molecule has 1 aromatic heterocycles. The van der Waals surface area contributed by atoms with Crippen LogP contribution >= 0.6 is 11.6 Å². The first-order valence-electron chi connectivity index (χ1n) is 5.73. The van der Waals surface area contributed by atoms with Crippen LogP contribution in [0.4, 0.5) is 0 Å². The highest BCUT2D eigenvalue weighted by molar-refractivity contribution is 6.32. The number of benzene rings is 1. The summed E-state index contributed by atoms with van der Waals surface area (Å²) in [7, 11) is 4.95. The third-order valence-corrected chi connectivity index (χ3v) is 3.15. The molecule has 1 aromatic carbocycles. The summed E-state index contributed by atoms with van der Waals surface area (Å²) < 4.78 is 12.2. The molecule has 0 fully saturated rings. The van der Waals surface area contributed by atoms with Gasteiger partial charge in [-0.25, -0.2) is 0 Å². The molecule has 0 aliphatic carbocycles. The van der Waals surface area contributed by atoms with Gasteiger partial charge in [-0.05, 0) is 23.8 Å². The number of hydrogen-bond acceptors (Lipinski definition) is 4. The van der Waals surface area contributed by atoms with Gasteiger partial charge in [-0.3, -0.25) is 4.68 Å². The number of methoxy groups -OCH3 is 2. The standard InChI is InChI=1S/C13H16ClN3O2/c1-17-5-4-10(16-17)12(15)8-6-9(14)13(19-3)11(7-8)18-2/h4-7,12H,15H2,1-3H3. The van der Waals surface area contributed by atoms with Gasteiger partial charge in [0.2, 0.25) is 0 Å². The molecule has 0 aliphatic heterocycles. The van der Waals surface area contributed by atoms with E-state index in [-0.39, 0.29) is 6.04 Å². The van der Waals surface area contributed by atoms with Crippen LogP contribution in [0.2, 0.25) is 5.02 Å². The van der Waals surface area contributed by atoms with Crippen molar-refractivity contribution >= 4 is 11.6 Å². The van der Waals surface area contributed by atoms with E-state index in [0.717, 1.165) is 11.3 Å². The number of nitrogens with zero attached hydrogens (tertiary/aromatic N) is 2. The van der Waals surface area contributed by atoms with Crippen LogP contribution in [-0.4, -0.2) is 24.0 Å². The van der Waals surface area contributed by atoms with Gasteiger partial charge in [0, 0.05) is 13.2 Å². The summed E-state index contributed by atoms with van der Waals surface area (Å²) in [5, 5.41) is 4.75. The molecule has 2 N–H and O–H groups in total. The van der Waals surface area contributed by atoms with Gasteiger partial charge in [-0.2, -0.15) is 5.10 Å². The summed E-state index contributed by atoms with van der Waals surface area (Å²) in [6, 6.07) is 5.08. The molecular formula is C13H16ClN3O2. The number of aryl methyl sites for hydroxylation is 1. The molecule has 0 amide bonds. The lowest BCUT2D eigenvalue weighted by atomic mass is 10.0. The van der Waals surface area contributed by atoms with Gasteiger partial charge in [0.25, 0.3) is 0 Å². The van der Waals surface area contributed by atoms with Crippen molar-refractivity contribution in [3.8, 4) is 11.5 Å². The number of halogens is 1. The number of ether oxygens (including phenoxy) is 2. The summed E-state index contributed by atoms with van der Waals surface area (Å²) in [6.45, 7) is 0. The molecule has 2 aromatic rings. The second-order valence-corrected chi connectivity index (χ2v) is 4.54. The maximum Gasteiger partial charge on any atom is 0.179 e. The monoisotopic (exact) mass is 281 g/mol. The first kappa shape index (κ1) is 13.7. The Labute approximate surface area is 116 Å². The van der Waals surface area contributed by atoms with E-state index in [2.05, 4.69) is 5.10 Å². The van der Waals surface area contributed by atoms with Crippen molar-refractivity contribution in [2.75, 3.05) is 14.2 Å². The third-order valence-electron chi connectivity index (χ3n) is 2.87. The number of hydrogen-bond donors (Lipinski definition) is 1. The van der Waals surface area contributed by atoms with Crippen LogP contribution in [0.1, 0.15) is 17.3 Å². The average molecular weight is 282 g/mol. The van der Waals surface area contributed by atoms with Crippen molar-refractivity contribution in [3.63, 3.8) is 0 Å². The predicted molar refractivity (Wildman–Crippen MR) is 73.8 cm³/mol. The zero-order chi connectivity index (χ0) is 14.0. The van der Waals surface area contributed by atoms with E-state index in [4.69, 9.17) is 26.8 Å². The molecule has 2 rings (SSSR count). The first-order chi connectivity index (χ1) is 9.06. The summed E-state index contributed by atoms with van der Waals surface area (Å²) in [4.78, 5) is 0. The Morgan fingerprint density at radius 1 is 1.32 bits per heavy atom. The molecule has 0 aliphatic rings. The summed E-state index contributed by atoms with van der Waals surface area (Å²) in [5.74, 6) is 1.05. The highest BCUT2D eigenvalue weighted by Gasteiger charge is 2.17. The fourth-order valence-corrected chi connectivity index (χ4v) is 2.18. The van der Waals surface area contributed by atoms with Crippen molar-refractivity contribution in [2.45, 2.75) is 6.04 Å². The SMILES string of the molecule is COc1cc(C(N)c2ccn(C)n2)cc(Cl)c1OC. The zero-order valence-electron chi connectivity index (χ0n) is 11.1. The van der Waals surface area contributed by atoms with E-state index in [1.54, 1.807) is 25.0 Å². The molecule has 0 saturated carbocycles. The lowest BCUT2D eigenvalue weighted by Crippen LogP contribution is -2.13. The molecule has 0 spiro atoms. The van der Waals surface area contributed by atoms with Crippen molar-refractivity contribution in [2.24, 2.45) is 12.8 Å². The van der Waals surface area contributed by atoms with Crippen LogP contribution < -0.4 is 15.2 Å². The van der Waals surface area contributed by atoms with Crippen molar-refractivity contribution in [1.29, 1.82) is 0 Å². The molecule has 102 valence electrons. The fourth-order valence-electron chi connectivity index (χ4n) is 1.89. The molecule has 1 atom stereocenters. The normalized spacial score (nSPS) is 12.3. The Morgan fingerprint density at radius 2 is 2.05 bits per heavy atom. The molecule has 1 unspecified atom stereocenters. The summed E-state index contributed by atoms with van der Waals surface area (Å²) >= 11 is 6.16. The molecular weight excluding hydrogens is 266 g/mol. The van der Waals surface area contributed by atoms with E-state index < -0.39 is 0 Å². The van der Waals surface area contributed by atoms with E-state index in [1.165, 1.54) is 0 Å². The van der Waals surface area contributed by atoms with Gasteiger partial charge in [0.1, 0.15) is 0 Å². The van der Waals surface area contributed by atoms with Crippen LogP contribution in [0.5, 0.6) is 11.5 Å². The Bertz CT molecular complexity index is 583. The smallest absolute Gasteiger partial charge is 0.179 e. The van der Waals surface area contributed by atoms with Gasteiger partial charge in [0.15, 0.2) is 11.5 Å². The Balaban J connectivity index is 2.42. The minimum Gasteiger partial charge on any atom is -0.493 e. The van der Waals surface area contributed by atoms with Crippen LogP contribution in [0.3, 0.4) is 0 Å². The van der Waals surface area contributed by atoms with Crippen molar-refractivity contribution in [1.82, 2.24) is 9.78 Å². The fraction of sp³-hybridized carbons (Fsp3) is 0.308. The second kappa shape index (κ2) is 5.50. The lowest BCUT2D eigenvalue weighted by Gasteiger charge is -2.15. The van der Waals surface area contributed by atoms with Crippen LogP contribution in [0.25, 0.3) is 0 Å². The molecule has 19 heavy (non-hydrogen) atoms. The number of rotatable bonds is 4. The second-order valence-electron chi connectivity index (χ2n) is 4.13. The lowest BCUT2D eigenvalue weighted by molar-refractivity contribution is 0.354. The van der Waals surface area contributed by atoms with E-state index in [1.807, 2.05) is 25.4 Å². The van der Waals surface area contributed by atoms with Crippen molar-refractivity contribution < 1.29 is 9.47 Å². The number of aromatic nitrogens is 2. The van der Waals surface area contributed by atoms with E-state index >= 15 is 0 Å². The van der Waals surface area contributed by atoms with Crippen LogP contribution in [-0.2, 0) is 7.05 Å². The summed E-state index contributed by atoms with van der Waals surface area (Å²) in [5.41, 5.74) is 7.77. The quantitative estimate of drug-likeness (QED) is 0.933. The minimum atomic E-state index is -0.362. The van der Waals surface area contributed by atoms with E-state index in [9.17, 15) is 0 Å². The molecule has 6 heteroatoms. The molecule has 0 bridgehead atoms. The molecule has 0 saturated heterocycles. The zero-order valence-corrected chi connectivity index (χ0v) is 11.8. The highest BCUT2D eigenvalue weighted by Crippen LogP contribution is 2.38.